The molecule has 1 amide bonds. The van der Waals surface area contributed by atoms with Gasteiger partial charge in [0.15, 0.2) is 17.1 Å². The van der Waals surface area contributed by atoms with Crippen molar-refractivity contribution < 1.29 is 28.5 Å². The third-order valence-corrected chi connectivity index (χ3v) is 5.14. The Morgan fingerprint density at radius 2 is 1.93 bits per heavy atom. The van der Waals surface area contributed by atoms with Crippen LogP contribution in [0, 0.1) is 0 Å². The summed E-state index contributed by atoms with van der Waals surface area (Å²) < 4.78 is 21.6. The van der Waals surface area contributed by atoms with Crippen LogP contribution in [0.1, 0.15) is 41.4 Å². The second kappa shape index (κ2) is 9.17. The fraction of sp³-hybridized carbons (Fsp3) is 0.391. The number of benzene rings is 2. The highest BCUT2D eigenvalue weighted by Gasteiger charge is 2.43. The summed E-state index contributed by atoms with van der Waals surface area (Å²) in [6.07, 6.45) is 0.322. The molecule has 1 N–H and O–H groups in total. The van der Waals surface area contributed by atoms with Crippen molar-refractivity contribution in [2.75, 3.05) is 27.4 Å². The zero-order valence-electron chi connectivity index (χ0n) is 17.7. The minimum atomic E-state index is -1.27. The molecule has 2 aromatic carbocycles. The molecule has 160 valence electrons. The fourth-order valence-electron chi connectivity index (χ4n) is 3.40. The second-order valence-corrected chi connectivity index (χ2v) is 7.40. The van der Waals surface area contributed by atoms with Gasteiger partial charge in [0, 0.05) is 13.5 Å². The number of cyclic esters (lactones) is 1. The average molecular weight is 413 g/mol. The Bertz CT molecular complexity index is 928. The van der Waals surface area contributed by atoms with E-state index in [0.29, 0.717) is 36.7 Å². The van der Waals surface area contributed by atoms with Crippen LogP contribution in [0.2, 0.25) is 0 Å². The van der Waals surface area contributed by atoms with E-state index in [1.54, 1.807) is 39.3 Å². The number of esters is 1. The molecule has 2 atom stereocenters. The third-order valence-electron chi connectivity index (χ3n) is 5.14. The van der Waals surface area contributed by atoms with Crippen molar-refractivity contribution in [2.24, 2.45) is 0 Å². The highest BCUT2D eigenvalue weighted by atomic mass is 16.6. The van der Waals surface area contributed by atoms with E-state index in [0.717, 1.165) is 11.1 Å². The van der Waals surface area contributed by atoms with Crippen LogP contribution >= 0.6 is 0 Å². The first kappa shape index (κ1) is 21.6. The summed E-state index contributed by atoms with van der Waals surface area (Å²) in [7, 11) is 3.17. The highest BCUT2D eigenvalue weighted by molar-refractivity contribution is 5.97. The molecule has 0 radical (unpaired) electrons. The van der Waals surface area contributed by atoms with Crippen LogP contribution in [0.4, 0.5) is 0 Å². The molecule has 0 fully saturated rings. The lowest BCUT2D eigenvalue weighted by Crippen LogP contribution is -2.52. The summed E-state index contributed by atoms with van der Waals surface area (Å²) in [6.45, 7) is 4.37. The van der Waals surface area contributed by atoms with E-state index in [9.17, 15) is 9.59 Å². The monoisotopic (exact) mass is 413 g/mol. The predicted octanol–water partition coefficient (Wildman–Crippen LogP) is 3.07. The molecule has 7 heteroatoms. The van der Waals surface area contributed by atoms with Gasteiger partial charge in [0.1, 0.15) is 6.61 Å². The van der Waals surface area contributed by atoms with Gasteiger partial charge < -0.3 is 24.3 Å². The molecule has 0 aliphatic carbocycles. The molecule has 0 bridgehead atoms. The van der Waals surface area contributed by atoms with Crippen molar-refractivity contribution in [2.45, 2.75) is 31.9 Å². The number of carbonyl (C=O) groups excluding carboxylic acids is 2. The van der Waals surface area contributed by atoms with Crippen molar-refractivity contribution in [3.05, 3.63) is 59.2 Å². The van der Waals surface area contributed by atoms with E-state index in [2.05, 4.69) is 5.32 Å². The van der Waals surface area contributed by atoms with Crippen molar-refractivity contribution in [1.29, 1.82) is 0 Å². The molecule has 3 rings (SSSR count). The van der Waals surface area contributed by atoms with Gasteiger partial charge in [-0.2, -0.15) is 0 Å². The van der Waals surface area contributed by atoms with Crippen LogP contribution in [0.25, 0.3) is 0 Å². The normalized spacial score (nSPS) is 18.7. The molecule has 2 aromatic rings. The third kappa shape index (κ3) is 4.57. The molecule has 1 aliphatic rings. The van der Waals surface area contributed by atoms with Crippen molar-refractivity contribution in [1.82, 2.24) is 5.32 Å². The quantitative estimate of drug-likeness (QED) is 0.529. The number of methoxy groups -OCH3 is 2. The lowest BCUT2D eigenvalue weighted by molar-refractivity contribution is -0.140. The average Bonchev–Trinajstić information content (AvgIpc) is 2.73. The van der Waals surface area contributed by atoms with Gasteiger partial charge in [-0.3, -0.25) is 4.79 Å². The number of hydrogen-bond donors (Lipinski definition) is 1. The second-order valence-electron chi connectivity index (χ2n) is 7.40. The summed E-state index contributed by atoms with van der Waals surface area (Å²) >= 11 is 0. The largest absolute Gasteiger partial charge is 0.493 e. The number of hydrogen-bond acceptors (Lipinski definition) is 6. The molecule has 0 saturated heterocycles. The first-order valence-electron chi connectivity index (χ1n) is 9.80. The Morgan fingerprint density at radius 1 is 1.17 bits per heavy atom. The van der Waals surface area contributed by atoms with E-state index < -0.39 is 11.6 Å². The van der Waals surface area contributed by atoms with E-state index in [1.807, 2.05) is 31.2 Å². The van der Waals surface area contributed by atoms with Gasteiger partial charge >= 0.3 is 5.97 Å². The van der Waals surface area contributed by atoms with Crippen molar-refractivity contribution in [3.8, 4) is 11.5 Å². The summed E-state index contributed by atoms with van der Waals surface area (Å²) in [5.74, 6) is 0.328. The first-order chi connectivity index (χ1) is 14.4. The number of nitrogens with one attached hydrogen (secondary N) is 1. The Kier molecular flexibility index (Phi) is 6.62. The molecule has 2 unspecified atom stereocenters. The van der Waals surface area contributed by atoms with Gasteiger partial charge in [0.25, 0.3) is 5.91 Å². The Morgan fingerprint density at radius 3 is 2.67 bits per heavy atom. The molecule has 30 heavy (non-hydrogen) atoms. The first-order valence-corrected chi connectivity index (χ1v) is 9.80. The van der Waals surface area contributed by atoms with Crippen LogP contribution in [-0.4, -0.2) is 44.9 Å². The van der Waals surface area contributed by atoms with Crippen molar-refractivity contribution in [3.63, 3.8) is 0 Å². The van der Waals surface area contributed by atoms with Crippen LogP contribution in [0.15, 0.2) is 42.5 Å². The zero-order valence-corrected chi connectivity index (χ0v) is 17.7. The lowest BCUT2D eigenvalue weighted by atomic mass is 9.89. The summed E-state index contributed by atoms with van der Waals surface area (Å²) in [4.78, 5) is 25.3. The maximum atomic E-state index is 13.0. The van der Waals surface area contributed by atoms with Gasteiger partial charge in [-0.05, 0) is 43.2 Å². The molecular weight excluding hydrogens is 386 g/mol. The maximum absolute atomic E-state index is 13.0. The number of fused-ring (bicyclic) bond motifs is 1. The van der Waals surface area contributed by atoms with Crippen LogP contribution in [0.5, 0.6) is 11.5 Å². The van der Waals surface area contributed by atoms with Gasteiger partial charge in [0.2, 0.25) is 0 Å². The van der Waals surface area contributed by atoms with Crippen LogP contribution in [0.3, 0.4) is 0 Å². The SMILES string of the molecule is COCCOc1ccc(C(C)NC(=O)C2(C)Cc3ccccc3C(=O)O2)cc1OC. The van der Waals surface area contributed by atoms with Gasteiger partial charge in [-0.25, -0.2) is 4.79 Å². The molecule has 1 aliphatic heterocycles. The standard InChI is InChI=1S/C23H27NO6/c1-15(16-9-10-19(20(13-16)28-4)29-12-11-27-3)24-22(26)23(2)14-17-7-5-6-8-18(17)21(25)30-23/h5-10,13,15H,11-12,14H2,1-4H3,(H,24,26). The molecular formula is C23H27NO6. The Labute approximate surface area is 176 Å². The lowest BCUT2D eigenvalue weighted by Gasteiger charge is -2.34. The van der Waals surface area contributed by atoms with Crippen LogP contribution in [-0.2, 0) is 20.7 Å². The summed E-state index contributed by atoms with van der Waals surface area (Å²) in [5, 5.41) is 2.95. The highest BCUT2D eigenvalue weighted by Crippen LogP contribution is 2.32. The minimum Gasteiger partial charge on any atom is -0.493 e. The molecule has 0 spiro atoms. The topological polar surface area (TPSA) is 83.1 Å². The van der Waals surface area contributed by atoms with Gasteiger partial charge in [-0.15, -0.1) is 0 Å². The van der Waals surface area contributed by atoms with Gasteiger partial charge in [-0.1, -0.05) is 24.3 Å². The number of rotatable bonds is 8. The molecule has 0 aromatic heterocycles. The maximum Gasteiger partial charge on any atom is 0.339 e. The van der Waals surface area contributed by atoms with Gasteiger partial charge in [0.05, 0.1) is 25.3 Å². The smallest absolute Gasteiger partial charge is 0.339 e. The van der Waals surface area contributed by atoms with E-state index in [1.165, 1.54) is 0 Å². The minimum absolute atomic E-state index is 0.322. The molecule has 0 saturated carbocycles. The number of carbonyl (C=O) groups is 2. The van der Waals surface area contributed by atoms with E-state index in [-0.39, 0.29) is 11.9 Å². The van der Waals surface area contributed by atoms with Crippen LogP contribution < -0.4 is 14.8 Å². The number of ether oxygens (including phenoxy) is 4. The molecule has 7 nitrogen and oxygen atoms in total. The summed E-state index contributed by atoms with van der Waals surface area (Å²) in [5.41, 5.74) is 0.876. The predicted molar refractivity (Wildman–Crippen MR) is 111 cm³/mol. The van der Waals surface area contributed by atoms with Crippen molar-refractivity contribution >= 4 is 11.9 Å². The Hall–Kier alpha value is -3.06. The zero-order chi connectivity index (χ0) is 21.7. The summed E-state index contributed by atoms with van der Waals surface area (Å²) in [6, 6.07) is 12.3. The number of amides is 1. The van der Waals surface area contributed by atoms with E-state index in [4.69, 9.17) is 18.9 Å². The molecule has 1 heterocycles. The Balaban J connectivity index is 1.72. The van der Waals surface area contributed by atoms with E-state index >= 15 is 0 Å². The fourth-order valence-corrected chi connectivity index (χ4v) is 3.40.